The third kappa shape index (κ3) is 2.80. The van der Waals surface area contributed by atoms with Gasteiger partial charge in [-0.25, -0.2) is 4.90 Å². The molecule has 2 aromatic carbocycles. The Morgan fingerprint density at radius 2 is 1.58 bits per heavy atom. The number of carbonyl (C=O) groups excluding carboxylic acids is 3. The number of carbonyl (C=O) groups is 3. The van der Waals surface area contributed by atoms with Crippen molar-refractivity contribution in [3.63, 3.8) is 0 Å². The van der Waals surface area contributed by atoms with Crippen molar-refractivity contribution in [1.29, 1.82) is 0 Å². The molecule has 2 saturated carbocycles. The van der Waals surface area contributed by atoms with Crippen molar-refractivity contribution in [1.82, 2.24) is 0 Å². The van der Waals surface area contributed by atoms with Gasteiger partial charge in [0.1, 0.15) is 0 Å². The van der Waals surface area contributed by atoms with Gasteiger partial charge in [-0.3, -0.25) is 14.4 Å². The van der Waals surface area contributed by atoms with E-state index in [0.29, 0.717) is 38.8 Å². The predicted molar refractivity (Wildman–Crippen MR) is 118 cm³/mol. The highest BCUT2D eigenvalue weighted by Gasteiger charge is 2.67. The van der Waals surface area contributed by atoms with E-state index in [9.17, 15) is 14.4 Å². The molecule has 6 atom stereocenters. The molecular formula is C24H18Cl2N2O3. The van der Waals surface area contributed by atoms with E-state index in [0.717, 1.165) is 6.42 Å². The van der Waals surface area contributed by atoms with E-state index in [1.54, 1.807) is 42.5 Å². The van der Waals surface area contributed by atoms with Crippen LogP contribution < -0.4 is 10.2 Å². The van der Waals surface area contributed by atoms with Crippen LogP contribution in [0.5, 0.6) is 0 Å². The second kappa shape index (κ2) is 6.68. The number of benzene rings is 2. The van der Waals surface area contributed by atoms with Crippen LogP contribution in [0.1, 0.15) is 16.8 Å². The Bertz CT molecular complexity index is 1160. The summed E-state index contributed by atoms with van der Waals surface area (Å²) in [4.78, 5) is 40.6. The van der Waals surface area contributed by atoms with Crippen LogP contribution in [0.25, 0.3) is 0 Å². The lowest BCUT2D eigenvalue weighted by Crippen LogP contribution is -2.40. The van der Waals surface area contributed by atoms with Crippen molar-refractivity contribution in [2.75, 3.05) is 10.2 Å². The van der Waals surface area contributed by atoms with Crippen LogP contribution in [0.3, 0.4) is 0 Å². The first-order chi connectivity index (χ1) is 14.9. The largest absolute Gasteiger partial charge is 0.322 e. The van der Waals surface area contributed by atoms with Gasteiger partial charge in [0.15, 0.2) is 0 Å². The molecule has 1 N–H and O–H groups in total. The smallest absolute Gasteiger partial charge is 0.255 e. The number of nitrogens with zero attached hydrogens (tertiary/aromatic N) is 1. The minimum atomic E-state index is -0.361. The summed E-state index contributed by atoms with van der Waals surface area (Å²) in [6.07, 6.45) is 5.42. The maximum atomic E-state index is 13.3. The summed E-state index contributed by atoms with van der Waals surface area (Å²) >= 11 is 11.9. The molecule has 0 spiro atoms. The van der Waals surface area contributed by atoms with Crippen LogP contribution in [0.4, 0.5) is 11.4 Å². The minimum Gasteiger partial charge on any atom is -0.322 e. The molecule has 7 heteroatoms. The number of imide groups is 1. The molecular weight excluding hydrogens is 435 g/mol. The van der Waals surface area contributed by atoms with E-state index in [4.69, 9.17) is 23.2 Å². The van der Waals surface area contributed by atoms with Gasteiger partial charge >= 0.3 is 0 Å². The normalized spacial score (nSPS) is 32.1. The van der Waals surface area contributed by atoms with Crippen molar-refractivity contribution < 1.29 is 14.4 Å². The van der Waals surface area contributed by atoms with Crippen LogP contribution in [-0.4, -0.2) is 17.7 Å². The third-order valence-electron chi connectivity index (χ3n) is 7.21. The summed E-state index contributed by atoms with van der Waals surface area (Å²) in [7, 11) is 0. The van der Waals surface area contributed by atoms with Crippen LogP contribution in [0, 0.1) is 35.5 Å². The standard InChI is InChI=1S/C24H18Cl2N2O3/c25-18-7-4-12(9-19(18)26)27-22(29)11-2-1-3-13(8-11)28-23(30)20-14-5-6-15(17-10-16(14)17)21(20)24(28)31/h1-9,14-17,20-21H,10H2,(H,27,29)/t14-,15-,16-,17-,20-,21+/m1/s1. The fourth-order valence-corrected chi connectivity index (χ4v) is 6.07. The van der Waals surface area contributed by atoms with Crippen molar-refractivity contribution in [2.45, 2.75) is 6.42 Å². The van der Waals surface area contributed by atoms with Gasteiger partial charge < -0.3 is 5.32 Å². The van der Waals surface area contributed by atoms with Gasteiger partial charge in [0.05, 0.1) is 27.6 Å². The Kier molecular flexibility index (Phi) is 4.11. The Balaban J connectivity index is 1.28. The molecule has 0 aromatic heterocycles. The molecule has 4 aliphatic carbocycles. The summed E-state index contributed by atoms with van der Waals surface area (Å²) in [5.74, 6) is 0.279. The van der Waals surface area contributed by atoms with Gasteiger partial charge in [0.2, 0.25) is 11.8 Å². The number of hydrogen-bond donors (Lipinski definition) is 1. The van der Waals surface area contributed by atoms with Crippen molar-refractivity contribution >= 4 is 52.3 Å². The lowest BCUT2D eigenvalue weighted by molar-refractivity contribution is -0.124. The zero-order valence-electron chi connectivity index (χ0n) is 16.3. The maximum absolute atomic E-state index is 13.3. The maximum Gasteiger partial charge on any atom is 0.255 e. The molecule has 1 aliphatic heterocycles. The zero-order valence-corrected chi connectivity index (χ0v) is 17.8. The molecule has 2 aromatic rings. The van der Waals surface area contributed by atoms with Gasteiger partial charge in [-0.05, 0) is 66.5 Å². The van der Waals surface area contributed by atoms with Gasteiger partial charge in [0.25, 0.3) is 5.91 Å². The summed E-state index contributed by atoms with van der Waals surface area (Å²) in [6, 6.07) is 11.5. The minimum absolute atomic E-state index is 0.137. The molecule has 1 saturated heterocycles. The average molecular weight is 453 g/mol. The Morgan fingerprint density at radius 3 is 2.23 bits per heavy atom. The van der Waals surface area contributed by atoms with Crippen LogP contribution in [0.2, 0.25) is 10.0 Å². The molecule has 3 fully saturated rings. The molecule has 3 amide bonds. The summed E-state index contributed by atoms with van der Waals surface area (Å²) in [5, 5.41) is 3.51. The first kappa shape index (κ1) is 19.1. The number of anilines is 2. The Hall–Kier alpha value is -2.63. The zero-order chi connectivity index (χ0) is 21.4. The molecule has 0 unspecified atom stereocenters. The highest BCUT2D eigenvalue weighted by atomic mass is 35.5. The molecule has 31 heavy (non-hydrogen) atoms. The van der Waals surface area contributed by atoms with Crippen molar-refractivity contribution in [2.24, 2.45) is 35.5 Å². The molecule has 2 bridgehead atoms. The third-order valence-corrected chi connectivity index (χ3v) is 7.95. The van der Waals surface area contributed by atoms with E-state index in [1.807, 2.05) is 0 Å². The average Bonchev–Trinajstić information content (AvgIpc) is 3.54. The topological polar surface area (TPSA) is 66.5 Å². The Morgan fingerprint density at radius 1 is 0.903 bits per heavy atom. The Labute approximate surface area is 189 Å². The quantitative estimate of drug-likeness (QED) is 0.536. The lowest BCUT2D eigenvalue weighted by atomic mass is 9.63. The number of amides is 3. The van der Waals surface area contributed by atoms with Crippen LogP contribution >= 0.6 is 23.2 Å². The number of halogens is 2. The lowest BCUT2D eigenvalue weighted by Gasteiger charge is -2.37. The van der Waals surface area contributed by atoms with Crippen molar-refractivity contribution in [3.05, 3.63) is 70.2 Å². The second-order valence-corrected chi connectivity index (χ2v) is 9.61. The number of nitrogens with one attached hydrogen (secondary N) is 1. The molecule has 156 valence electrons. The fraction of sp³-hybridized carbons (Fsp3) is 0.292. The first-order valence-corrected chi connectivity index (χ1v) is 11.1. The van der Waals surface area contributed by atoms with E-state index in [1.165, 1.54) is 4.90 Å². The second-order valence-electron chi connectivity index (χ2n) is 8.80. The molecule has 1 heterocycles. The molecule has 5 aliphatic rings. The van der Waals surface area contributed by atoms with E-state index < -0.39 is 0 Å². The van der Waals surface area contributed by atoms with Gasteiger partial charge in [-0.15, -0.1) is 0 Å². The predicted octanol–water partition coefficient (Wildman–Crippen LogP) is 4.80. The molecule has 5 nitrogen and oxygen atoms in total. The first-order valence-electron chi connectivity index (χ1n) is 10.4. The van der Waals surface area contributed by atoms with Crippen LogP contribution in [-0.2, 0) is 9.59 Å². The summed E-state index contributed by atoms with van der Waals surface area (Å²) < 4.78 is 0. The summed E-state index contributed by atoms with van der Waals surface area (Å²) in [5.41, 5.74) is 1.30. The molecule has 7 rings (SSSR count). The van der Waals surface area contributed by atoms with Gasteiger partial charge in [-0.1, -0.05) is 41.4 Å². The fourth-order valence-electron chi connectivity index (χ4n) is 5.77. The number of rotatable bonds is 3. The van der Waals surface area contributed by atoms with E-state index >= 15 is 0 Å². The highest BCUT2D eigenvalue weighted by molar-refractivity contribution is 6.42. The van der Waals surface area contributed by atoms with Gasteiger partial charge in [-0.2, -0.15) is 0 Å². The highest BCUT2D eigenvalue weighted by Crippen LogP contribution is 2.65. The van der Waals surface area contributed by atoms with E-state index in [-0.39, 0.29) is 41.4 Å². The van der Waals surface area contributed by atoms with Gasteiger partial charge in [0, 0.05) is 11.3 Å². The van der Waals surface area contributed by atoms with Crippen molar-refractivity contribution in [3.8, 4) is 0 Å². The monoisotopic (exact) mass is 452 g/mol. The number of hydrogen-bond acceptors (Lipinski definition) is 3. The SMILES string of the molecule is O=C(Nc1ccc(Cl)c(Cl)c1)c1cccc(N2C(=O)[C@@H]3[C@@H]4C=C[C@H]([C@H]5C[C@H]45)[C@@H]3C2=O)c1. The van der Waals surface area contributed by atoms with Crippen LogP contribution in [0.15, 0.2) is 54.6 Å². The summed E-state index contributed by atoms with van der Waals surface area (Å²) in [6.45, 7) is 0. The molecule has 0 radical (unpaired) electrons. The van der Waals surface area contributed by atoms with E-state index in [2.05, 4.69) is 17.5 Å². The number of allylic oxidation sites excluding steroid dienone is 2.